The Bertz CT molecular complexity index is 219. The number of aliphatic hydroxyl groups excluding tert-OH is 1. The summed E-state index contributed by atoms with van der Waals surface area (Å²) in [5, 5.41) is 9.82. The Hall–Kier alpha value is -0.610. The summed E-state index contributed by atoms with van der Waals surface area (Å²) in [4.78, 5) is 13.2. The lowest BCUT2D eigenvalue weighted by atomic mass is 9.87. The van der Waals surface area contributed by atoms with Gasteiger partial charge in [0.15, 0.2) is 0 Å². The molecule has 0 aromatic heterocycles. The maximum absolute atomic E-state index is 11.4. The van der Waals surface area contributed by atoms with E-state index in [9.17, 15) is 9.90 Å². The molecule has 1 rings (SSSR count). The van der Waals surface area contributed by atoms with E-state index in [1.165, 1.54) is 0 Å². The van der Waals surface area contributed by atoms with Crippen LogP contribution in [0.1, 0.15) is 26.7 Å². The lowest BCUT2D eigenvalue weighted by Crippen LogP contribution is -2.48. The van der Waals surface area contributed by atoms with Gasteiger partial charge in [0.05, 0.1) is 12.6 Å². The molecule has 0 unspecified atom stereocenters. The molecule has 0 bridgehead atoms. The Morgan fingerprint density at radius 2 is 2.27 bits per heavy atom. The van der Waals surface area contributed by atoms with Gasteiger partial charge in [-0.05, 0) is 18.8 Å². The van der Waals surface area contributed by atoms with Crippen molar-refractivity contribution in [3.05, 3.63) is 0 Å². The third-order valence-electron chi connectivity index (χ3n) is 3.00. The van der Waals surface area contributed by atoms with E-state index in [4.69, 9.17) is 5.73 Å². The van der Waals surface area contributed by atoms with Gasteiger partial charge in [-0.15, -0.1) is 0 Å². The van der Waals surface area contributed by atoms with Gasteiger partial charge in [0.2, 0.25) is 5.91 Å². The molecule has 1 aliphatic heterocycles. The van der Waals surface area contributed by atoms with Crippen molar-refractivity contribution >= 4 is 5.91 Å². The van der Waals surface area contributed by atoms with Crippen LogP contribution in [0.3, 0.4) is 0 Å². The van der Waals surface area contributed by atoms with Crippen LogP contribution in [0.15, 0.2) is 0 Å². The minimum Gasteiger partial charge on any atom is -0.393 e. The molecule has 4 nitrogen and oxygen atoms in total. The minimum absolute atomic E-state index is 0.00402. The van der Waals surface area contributed by atoms with E-state index in [0.29, 0.717) is 25.4 Å². The SMILES string of the molecule is CC(C)C[C@@H]1CN(C(=O)CN)CC[C@H]1O. The molecule has 0 aliphatic carbocycles. The van der Waals surface area contributed by atoms with Crippen LogP contribution >= 0.6 is 0 Å². The number of carbonyl (C=O) groups is 1. The van der Waals surface area contributed by atoms with Crippen molar-refractivity contribution in [2.45, 2.75) is 32.8 Å². The fourth-order valence-electron chi connectivity index (χ4n) is 2.21. The number of rotatable bonds is 3. The number of carbonyl (C=O) groups excluding carboxylic acids is 1. The second-order valence-corrected chi connectivity index (χ2v) is 4.79. The van der Waals surface area contributed by atoms with Gasteiger partial charge < -0.3 is 15.7 Å². The highest BCUT2D eigenvalue weighted by atomic mass is 16.3. The van der Waals surface area contributed by atoms with Crippen LogP contribution in [-0.2, 0) is 4.79 Å². The first-order valence-corrected chi connectivity index (χ1v) is 5.70. The summed E-state index contributed by atoms with van der Waals surface area (Å²) in [6, 6.07) is 0. The summed E-state index contributed by atoms with van der Waals surface area (Å²) in [6.07, 6.45) is 1.40. The van der Waals surface area contributed by atoms with E-state index in [1.807, 2.05) is 0 Å². The zero-order valence-electron chi connectivity index (χ0n) is 9.65. The molecule has 1 fully saturated rings. The van der Waals surface area contributed by atoms with E-state index in [2.05, 4.69) is 13.8 Å². The number of aliphatic hydroxyl groups is 1. The summed E-state index contributed by atoms with van der Waals surface area (Å²) in [5.74, 6) is 0.766. The number of nitrogens with two attached hydrogens (primary N) is 1. The highest BCUT2D eigenvalue weighted by molar-refractivity contribution is 5.78. The predicted octanol–water partition coefficient (Wildman–Crippen LogP) is 0.201. The maximum Gasteiger partial charge on any atom is 0.236 e. The van der Waals surface area contributed by atoms with Crippen molar-refractivity contribution in [3.8, 4) is 0 Å². The van der Waals surface area contributed by atoms with E-state index in [0.717, 1.165) is 6.42 Å². The molecule has 1 aliphatic rings. The predicted molar refractivity (Wildman–Crippen MR) is 59.2 cm³/mol. The second-order valence-electron chi connectivity index (χ2n) is 4.79. The van der Waals surface area contributed by atoms with Gasteiger partial charge in [-0.2, -0.15) is 0 Å². The molecule has 1 amide bonds. The van der Waals surface area contributed by atoms with Crippen LogP contribution in [-0.4, -0.2) is 41.7 Å². The van der Waals surface area contributed by atoms with Gasteiger partial charge in [0.1, 0.15) is 0 Å². The molecular weight excluding hydrogens is 192 g/mol. The van der Waals surface area contributed by atoms with Crippen LogP contribution in [0, 0.1) is 11.8 Å². The molecule has 4 heteroatoms. The van der Waals surface area contributed by atoms with Crippen LogP contribution in [0.4, 0.5) is 0 Å². The average molecular weight is 214 g/mol. The molecule has 0 radical (unpaired) electrons. The van der Waals surface area contributed by atoms with E-state index in [1.54, 1.807) is 4.90 Å². The van der Waals surface area contributed by atoms with E-state index >= 15 is 0 Å². The summed E-state index contributed by atoms with van der Waals surface area (Å²) >= 11 is 0. The zero-order chi connectivity index (χ0) is 11.4. The van der Waals surface area contributed by atoms with Gasteiger partial charge in [0, 0.05) is 19.0 Å². The first-order chi connectivity index (χ1) is 7.04. The van der Waals surface area contributed by atoms with Crippen molar-refractivity contribution in [2.75, 3.05) is 19.6 Å². The number of hydrogen-bond donors (Lipinski definition) is 2. The highest BCUT2D eigenvalue weighted by Gasteiger charge is 2.29. The lowest BCUT2D eigenvalue weighted by molar-refractivity contribution is -0.133. The number of amides is 1. The fraction of sp³-hybridized carbons (Fsp3) is 0.909. The van der Waals surface area contributed by atoms with Gasteiger partial charge in [-0.3, -0.25) is 4.79 Å². The van der Waals surface area contributed by atoms with Crippen molar-refractivity contribution in [1.29, 1.82) is 0 Å². The largest absolute Gasteiger partial charge is 0.393 e. The monoisotopic (exact) mass is 214 g/mol. The summed E-state index contributed by atoms with van der Waals surface area (Å²) in [5.41, 5.74) is 5.33. The highest BCUT2D eigenvalue weighted by Crippen LogP contribution is 2.23. The van der Waals surface area contributed by atoms with Crippen LogP contribution < -0.4 is 5.73 Å². The summed E-state index contributed by atoms with van der Waals surface area (Å²) in [7, 11) is 0. The number of nitrogens with zero attached hydrogens (tertiary/aromatic N) is 1. The molecule has 88 valence electrons. The molecule has 0 aromatic rings. The van der Waals surface area contributed by atoms with Crippen LogP contribution in [0.25, 0.3) is 0 Å². The summed E-state index contributed by atoms with van der Waals surface area (Å²) in [6.45, 7) is 5.65. The van der Waals surface area contributed by atoms with Crippen molar-refractivity contribution in [1.82, 2.24) is 4.90 Å². The smallest absolute Gasteiger partial charge is 0.236 e. The molecule has 2 atom stereocenters. The van der Waals surface area contributed by atoms with Crippen molar-refractivity contribution < 1.29 is 9.90 Å². The topological polar surface area (TPSA) is 66.6 Å². The molecule has 1 heterocycles. The Balaban J connectivity index is 2.51. The van der Waals surface area contributed by atoms with Crippen LogP contribution in [0.2, 0.25) is 0 Å². The molecule has 0 spiro atoms. The van der Waals surface area contributed by atoms with E-state index in [-0.39, 0.29) is 24.5 Å². The molecule has 3 N–H and O–H groups in total. The molecule has 0 aromatic carbocycles. The normalized spacial score (nSPS) is 27.1. The van der Waals surface area contributed by atoms with Gasteiger partial charge >= 0.3 is 0 Å². The van der Waals surface area contributed by atoms with Crippen LogP contribution in [0.5, 0.6) is 0 Å². The Morgan fingerprint density at radius 3 is 2.80 bits per heavy atom. The molecule has 0 saturated carbocycles. The maximum atomic E-state index is 11.4. The summed E-state index contributed by atoms with van der Waals surface area (Å²) < 4.78 is 0. The van der Waals surface area contributed by atoms with Gasteiger partial charge in [-0.25, -0.2) is 0 Å². The van der Waals surface area contributed by atoms with Crippen molar-refractivity contribution in [3.63, 3.8) is 0 Å². The minimum atomic E-state index is -0.255. The Kier molecular flexibility index (Phi) is 4.54. The third-order valence-corrected chi connectivity index (χ3v) is 3.00. The van der Waals surface area contributed by atoms with Gasteiger partial charge in [0.25, 0.3) is 0 Å². The zero-order valence-corrected chi connectivity index (χ0v) is 9.65. The van der Waals surface area contributed by atoms with E-state index < -0.39 is 0 Å². The standard InChI is InChI=1S/C11H22N2O2/c1-8(2)5-9-7-13(11(15)6-12)4-3-10(9)14/h8-10,14H,3-7,12H2,1-2H3/t9-,10-/m1/s1. The van der Waals surface area contributed by atoms with Gasteiger partial charge in [-0.1, -0.05) is 13.8 Å². The lowest BCUT2D eigenvalue weighted by Gasteiger charge is -2.36. The first-order valence-electron chi connectivity index (χ1n) is 5.70. The molecule has 1 saturated heterocycles. The quantitative estimate of drug-likeness (QED) is 0.705. The third kappa shape index (κ3) is 3.47. The average Bonchev–Trinajstić information content (AvgIpc) is 2.19. The Morgan fingerprint density at radius 1 is 1.60 bits per heavy atom. The van der Waals surface area contributed by atoms with Crippen molar-refractivity contribution in [2.24, 2.45) is 17.6 Å². The second kappa shape index (κ2) is 5.47. The fourth-order valence-corrected chi connectivity index (χ4v) is 2.21. The molecular formula is C11H22N2O2. The first kappa shape index (κ1) is 12.5. The number of piperidine rings is 1. The number of hydrogen-bond acceptors (Lipinski definition) is 3. The Labute approximate surface area is 91.4 Å². The number of likely N-dealkylation sites (tertiary alicyclic amines) is 1. The molecule has 15 heavy (non-hydrogen) atoms.